The molecule has 2 amide bonds. The van der Waals surface area contributed by atoms with Crippen LogP contribution in [-0.4, -0.2) is 40.5 Å². The first kappa shape index (κ1) is 26.1. The second-order valence-electron chi connectivity index (χ2n) is 11.4. The lowest BCUT2D eigenvalue weighted by atomic mass is 9.74. The molecule has 0 spiro atoms. The standard InChI is InChI=1S/C25H32ClF3N2O4/c1-23(2,3)35-22(34)30-16-10-13(11-17(16)32)21(33)31-20(18-15(27)5-4-14(26)19(18)28)24-6-8-25(29,12-24)9-7-24/h4-5,13,16-17,20,32H,6-12H2,1-3H3,(H,30,34)(H,31,33)/t13?,16-,17+,20+,24?,25?/m0/s1. The van der Waals surface area contributed by atoms with Gasteiger partial charge in [0.1, 0.15) is 22.9 Å². The molecular weight excluding hydrogens is 485 g/mol. The van der Waals surface area contributed by atoms with Crippen molar-refractivity contribution in [1.29, 1.82) is 0 Å². The number of hydrogen-bond donors (Lipinski definition) is 3. The van der Waals surface area contributed by atoms with Crippen LogP contribution >= 0.6 is 11.6 Å². The summed E-state index contributed by atoms with van der Waals surface area (Å²) in [5.74, 6) is -3.05. The lowest BCUT2D eigenvalue weighted by molar-refractivity contribution is -0.127. The third-order valence-electron chi connectivity index (χ3n) is 7.68. The van der Waals surface area contributed by atoms with E-state index in [9.17, 15) is 19.1 Å². The van der Waals surface area contributed by atoms with Gasteiger partial charge in [-0.05, 0) is 83.3 Å². The molecule has 0 radical (unpaired) electrons. The minimum Gasteiger partial charge on any atom is -0.444 e. The Bertz CT molecular complexity index is 1010. The van der Waals surface area contributed by atoms with Gasteiger partial charge in [0.15, 0.2) is 0 Å². The van der Waals surface area contributed by atoms with Crippen molar-refractivity contribution < 1.29 is 32.6 Å². The fraction of sp³-hybridized carbons (Fsp3) is 0.680. The molecule has 0 saturated heterocycles. The molecule has 194 valence electrons. The van der Waals surface area contributed by atoms with Crippen molar-refractivity contribution in [2.45, 2.75) is 95.2 Å². The highest BCUT2D eigenvalue weighted by Gasteiger charge is 2.59. The summed E-state index contributed by atoms with van der Waals surface area (Å²) in [5.41, 5.74) is -3.32. The van der Waals surface area contributed by atoms with Crippen LogP contribution in [0.3, 0.4) is 0 Å². The van der Waals surface area contributed by atoms with Crippen LogP contribution in [0.2, 0.25) is 5.02 Å². The van der Waals surface area contributed by atoms with Crippen molar-refractivity contribution in [3.63, 3.8) is 0 Å². The van der Waals surface area contributed by atoms with Crippen LogP contribution in [0.1, 0.15) is 77.3 Å². The molecule has 0 aliphatic heterocycles. The number of hydrogen-bond acceptors (Lipinski definition) is 4. The number of aliphatic hydroxyl groups excluding tert-OH is 1. The van der Waals surface area contributed by atoms with Gasteiger partial charge in [-0.15, -0.1) is 0 Å². The van der Waals surface area contributed by atoms with Crippen LogP contribution in [-0.2, 0) is 9.53 Å². The maximum absolute atomic E-state index is 15.1. The Balaban J connectivity index is 1.54. The number of alkyl halides is 1. The van der Waals surface area contributed by atoms with E-state index in [1.165, 1.54) is 0 Å². The molecule has 0 aromatic heterocycles. The summed E-state index contributed by atoms with van der Waals surface area (Å²) in [6.45, 7) is 5.12. The number of aliphatic hydroxyl groups is 1. The van der Waals surface area contributed by atoms with E-state index in [2.05, 4.69) is 10.6 Å². The molecule has 1 unspecified atom stereocenters. The maximum atomic E-state index is 15.1. The van der Waals surface area contributed by atoms with Gasteiger partial charge in [0.2, 0.25) is 5.91 Å². The van der Waals surface area contributed by atoms with Crippen LogP contribution < -0.4 is 10.6 Å². The number of rotatable bonds is 5. The van der Waals surface area contributed by atoms with Gasteiger partial charge in [0.25, 0.3) is 0 Å². The topological polar surface area (TPSA) is 87.7 Å². The number of nitrogens with one attached hydrogen (secondary N) is 2. The van der Waals surface area contributed by atoms with E-state index in [4.69, 9.17) is 16.3 Å². The molecule has 35 heavy (non-hydrogen) atoms. The lowest BCUT2D eigenvalue weighted by Crippen LogP contribution is -2.43. The molecule has 0 heterocycles. The first-order chi connectivity index (χ1) is 16.2. The van der Waals surface area contributed by atoms with Gasteiger partial charge in [-0.2, -0.15) is 0 Å². The van der Waals surface area contributed by atoms with Gasteiger partial charge in [-0.3, -0.25) is 4.79 Å². The molecule has 1 aromatic carbocycles. The van der Waals surface area contributed by atoms with E-state index in [0.29, 0.717) is 12.8 Å². The first-order valence-corrected chi connectivity index (χ1v) is 12.4. The smallest absolute Gasteiger partial charge is 0.407 e. The van der Waals surface area contributed by atoms with Crippen molar-refractivity contribution in [2.75, 3.05) is 0 Å². The molecule has 1 aromatic rings. The normalized spacial score (nSPS) is 33.0. The van der Waals surface area contributed by atoms with E-state index in [0.717, 1.165) is 12.1 Å². The van der Waals surface area contributed by atoms with Crippen molar-refractivity contribution in [3.8, 4) is 0 Å². The average Bonchev–Trinajstić information content (AvgIpc) is 3.40. The van der Waals surface area contributed by atoms with E-state index < -0.39 is 64.4 Å². The molecule has 3 fully saturated rings. The Hall–Kier alpha value is -2.00. The van der Waals surface area contributed by atoms with E-state index in [1.807, 2.05) is 0 Å². The number of halogens is 4. The second kappa shape index (κ2) is 9.14. The summed E-state index contributed by atoms with van der Waals surface area (Å²) < 4.78 is 50.3. The van der Waals surface area contributed by atoms with Crippen LogP contribution in [0.4, 0.5) is 18.0 Å². The third kappa shape index (κ3) is 5.26. The molecular formula is C25H32ClF3N2O4. The molecule has 3 aliphatic carbocycles. The van der Waals surface area contributed by atoms with Gasteiger partial charge in [-0.25, -0.2) is 18.0 Å². The Morgan fingerprint density at radius 3 is 2.40 bits per heavy atom. The number of alkyl carbamates (subject to hydrolysis) is 1. The maximum Gasteiger partial charge on any atom is 0.407 e. The number of carbonyl (C=O) groups excluding carboxylic acids is 2. The van der Waals surface area contributed by atoms with E-state index in [-0.39, 0.29) is 42.7 Å². The monoisotopic (exact) mass is 516 g/mol. The summed E-state index contributed by atoms with van der Waals surface area (Å²) in [5, 5.41) is 15.5. The zero-order valence-electron chi connectivity index (χ0n) is 20.1. The Morgan fingerprint density at radius 1 is 1.17 bits per heavy atom. The summed E-state index contributed by atoms with van der Waals surface area (Å²) in [6.07, 6.45) is -0.109. The zero-order chi connectivity index (χ0) is 25.8. The van der Waals surface area contributed by atoms with Crippen LogP contribution in [0.25, 0.3) is 0 Å². The van der Waals surface area contributed by atoms with Crippen molar-refractivity contribution in [1.82, 2.24) is 10.6 Å². The Morgan fingerprint density at radius 2 is 1.83 bits per heavy atom. The minimum absolute atomic E-state index is 0.0551. The third-order valence-corrected chi connectivity index (χ3v) is 7.97. The molecule has 6 nitrogen and oxygen atoms in total. The molecule has 10 heteroatoms. The molecule has 4 atom stereocenters. The predicted molar refractivity (Wildman–Crippen MR) is 123 cm³/mol. The van der Waals surface area contributed by atoms with Gasteiger partial charge in [0.05, 0.1) is 23.2 Å². The first-order valence-electron chi connectivity index (χ1n) is 12.0. The predicted octanol–water partition coefficient (Wildman–Crippen LogP) is 5.11. The number of amides is 2. The van der Waals surface area contributed by atoms with Gasteiger partial charge in [-0.1, -0.05) is 11.6 Å². The fourth-order valence-electron chi connectivity index (χ4n) is 6.01. The summed E-state index contributed by atoms with van der Waals surface area (Å²) in [7, 11) is 0. The quantitative estimate of drug-likeness (QED) is 0.474. The van der Waals surface area contributed by atoms with E-state index >= 15 is 8.78 Å². The van der Waals surface area contributed by atoms with Crippen molar-refractivity contribution in [3.05, 3.63) is 34.4 Å². The summed E-state index contributed by atoms with van der Waals surface area (Å²) in [6, 6.07) is 0.329. The molecule has 2 bridgehead atoms. The van der Waals surface area contributed by atoms with Crippen molar-refractivity contribution >= 4 is 23.6 Å². The zero-order valence-corrected chi connectivity index (χ0v) is 20.9. The highest BCUT2D eigenvalue weighted by atomic mass is 35.5. The van der Waals surface area contributed by atoms with Crippen LogP contribution in [0, 0.1) is 23.0 Å². The highest BCUT2D eigenvalue weighted by molar-refractivity contribution is 6.30. The highest BCUT2D eigenvalue weighted by Crippen LogP contribution is 2.63. The van der Waals surface area contributed by atoms with E-state index in [1.54, 1.807) is 20.8 Å². The number of ether oxygens (including phenoxy) is 1. The Kier molecular flexibility index (Phi) is 6.81. The number of benzene rings is 1. The van der Waals surface area contributed by atoms with Gasteiger partial charge >= 0.3 is 6.09 Å². The van der Waals surface area contributed by atoms with Gasteiger partial charge < -0.3 is 20.5 Å². The minimum atomic E-state index is -1.40. The van der Waals surface area contributed by atoms with Crippen molar-refractivity contribution in [2.24, 2.45) is 11.3 Å². The lowest BCUT2D eigenvalue weighted by Gasteiger charge is -2.37. The SMILES string of the molecule is CC(C)(C)OC(=O)N[C@H]1CC(C(=O)N[C@H](c2c(F)ccc(Cl)c2F)C23CCC(F)(CC2)C3)C[C@H]1O. The fourth-order valence-corrected chi connectivity index (χ4v) is 6.18. The average molecular weight is 517 g/mol. The van der Waals surface area contributed by atoms with Gasteiger partial charge in [0, 0.05) is 11.5 Å². The molecule has 3 aliphatic rings. The molecule has 3 N–H and O–H groups in total. The van der Waals surface area contributed by atoms with Crippen LogP contribution in [0.5, 0.6) is 0 Å². The molecule has 3 saturated carbocycles. The summed E-state index contributed by atoms with van der Waals surface area (Å²) >= 11 is 5.95. The second-order valence-corrected chi connectivity index (χ2v) is 11.8. The Labute approximate surface area is 207 Å². The summed E-state index contributed by atoms with van der Waals surface area (Å²) in [4.78, 5) is 25.4. The largest absolute Gasteiger partial charge is 0.444 e. The van der Waals surface area contributed by atoms with Crippen LogP contribution in [0.15, 0.2) is 12.1 Å². The number of fused-ring (bicyclic) bond motifs is 2. The number of carbonyl (C=O) groups is 2. The molecule has 4 rings (SSSR count).